The van der Waals surface area contributed by atoms with Crippen LogP contribution >= 0.6 is 0 Å². The second-order valence-electron chi connectivity index (χ2n) is 7.07. The van der Waals surface area contributed by atoms with E-state index < -0.39 is 17.4 Å². The van der Waals surface area contributed by atoms with Gasteiger partial charge in [-0.15, -0.1) is 0 Å². The number of likely N-dealkylation sites (tertiary alicyclic amines) is 1. The highest BCUT2D eigenvalue weighted by Crippen LogP contribution is 2.53. The molecule has 5 atom stereocenters. The van der Waals surface area contributed by atoms with Crippen molar-refractivity contribution in [2.45, 2.75) is 31.6 Å². The minimum absolute atomic E-state index is 0.0433. The molecule has 138 valence electrons. The molecule has 4 rings (SSSR count). The lowest BCUT2D eigenvalue weighted by Gasteiger charge is -2.27. The van der Waals surface area contributed by atoms with Crippen molar-refractivity contribution in [2.75, 3.05) is 20.3 Å². The Balaban J connectivity index is 1.60. The van der Waals surface area contributed by atoms with Gasteiger partial charge in [-0.25, -0.2) is 0 Å². The van der Waals surface area contributed by atoms with E-state index in [2.05, 4.69) is 0 Å². The maximum absolute atomic E-state index is 13.2. The molecule has 1 aromatic rings. The number of methoxy groups -OCH3 is 1. The van der Waals surface area contributed by atoms with E-state index >= 15 is 0 Å². The molecule has 2 fully saturated rings. The second-order valence-corrected chi connectivity index (χ2v) is 7.07. The summed E-state index contributed by atoms with van der Waals surface area (Å²) < 4.78 is 16.5. The number of fused-ring (bicyclic) bond motifs is 1. The maximum Gasteiger partial charge on any atom is 0.312 e. The van der Waals surface area contributed by atoms with Crippen LogP contribution in [0.1, 0.15) is 25.5 Å². The molecule has 1 spiro atoms. The van der Waals surface area contributed by atoms with E-state index in [1.165, 1.54) is 0 Å². The molecule has 6 heteroatoms. The minimum atomic E-state index is -0.708. The van der Waals surface area contributed by atoms with E-state index in [9.17, 15) is 9.59 Å². The van der Waals surface area contributed by atoms with Crippen LogP contribution in [0.2, 0.25) is 0 Å². The van der Waals surface area contributed by atoms with Crippen LogP contribution in [-0.4, -0.2) is 48.7 Å². The SMILES string of the molecule is CCOC(=O)[C@H]1[C@@H]2C=C[C@]3(CN([C@H](C)c4ccc(OC)cc4)C(=O)[C@H]13)O2. The van der Waals surface area contributed by atoms with Crippen LogP contribution in [0.15, 0.2) is 36.4 Å². The summed E-state index contributed by atoms with van der Waals surface area (Å²) in [6, 6.07) is 7.57. The quantitative estimate of drug-likeness (QED) is 0.596. The molecule has 3 heterocycles. The van der Waals surface area contributed by atoms with Crippen LogP contribution in [0.5, 0.6) is 5.75 Å². The molecule has 2 saturated heterocycles. The largest absolute Gasteiger partial charge is 0.497 e. The molecule has 0 aliphatic carbocycles. The Morgan fingerprint density at radius 2 is 2.12 bits per heavy atom. The third-order valence-corrected chi connectivity index (χ3v) is 5.75. The number of benzene rings is 1. The van der Waals surface area contributed by atoms with Gasteiger partial charge >= 0.3 is 5.97 Å². The Labute approximate surface area is 152 Å². The Kier molecular flexibility index (Phi) is 4.03. The highest BCUT2D eigenvalue weighted by atomic mass is 16.6. The lowest BCUT2D eigenvalue weighted by molar-refractivity contribution is -0.153. The number of rotatable bonds is 5. The van der Waals surface area contributed by atoms with E-state index in [1.54, 1.807) is 14.0 Å². The van der Waals surface area contributed by atoms with Gasteiger partial charge in [-0.3, -0.25) is 9.59 Å². The van der Waals surface area contributed by atoms with E-state index in [-0.39, 0.29) is 24.0 Å². The van der Waals surface area contributed by atoms with Crippen LogP contribution in [-0.2, 0) is 19.1 Å². The first-order chi connectivity index (χ1) is 12.5. The zero-order valence-corrected chi connectivity index (χ0v) is 15.2. The van der Waals surface area contributed by atoms with Gasteiger partial charge in [-0.2, -0.15) is 0 Å². The number of amides is 1. The molecule has 26 heavy (non-hydrogen) atoms. The van der Waals surface area contributed by atoms with Crippen molar-refractivity contribution in [1.82, 2.24) is 4.90 Å². The van der Waals surface area contributed by atoms with Crippen LogP contribution < -0.4 is 4.74 Å². The molecule has 0 aromatic heterocycles. The number of ether oxygens (including phenoxy) is 3. The number of nitrogens with zero attached hydrogens (tertiary/aromatic N) is 1. The molecule has 2 bridgehead atoms. The fraction of sp³-hybridized carbons (Fsp3) is 0.500. The van der Waals surface area contributed by atoms with E-state index in [4.69, 9.17) is 14.2 Å². The van der Waals surface area contributed by atoms with Gasteiger partial charge in [0.25, 0.3) is 0 Å². The van der Waals surface area contributed by atoms with Gasteiger partial charge in [0.05, 0.1) is 38.3 Å². The molecule has 0 N–H and O–H groups in total. The van der Waals surface area contributed by atoms with Crippen molar-refractivity contribution >= 4 is 11.9 Å². The third kappa shape index (κ3) is 2.35. The molecule has 0 unspecified atom stereocenters. The summed E-state index contributed by atoms with van der Waals surface area (Å²) in [4.78, 5) is 27.4. The summed E-state index contributed by atoms with van der Waals surface area (Å²) in [6.07, 6.45) is 3.49. The fourth-order valence-corrected chi connectivity index (χ4v) is 4.43. The molecular formula is C20H23NO5. The third-order valence-electron chi connectivity index (χ3n) is 5.75. The van der Waals surface area contributed by atoms with Crippen molar-refractivity contribution in [3.05, 3.63) is 42.0 Å². The Hall–Kier alpha value is -2.34. The minimum Gasteiger partial charge on any atom is -0.497 e. The Morgan fingerprint density at radius 3 is 2.77 bits per heavy atom. The molecule has 1 amide bonds. The van der Waals surface area contributed by atoms with Gasteiger partial charge in [-0.05, 0) is 31.5 Å². The van der Waals surface area contributed by atoms with Crippen LogP contribution in [0.3, 0.4) is 0 Å². The molecule has 3 aliphatic heterocycles. The van der Waals surface area contributed by atoms with Gasteiger partial charge in [0.15, 0.2) is 0 Å². The summed E-state index contributed by atoms with van der Waals surface area (Å²) in [5.41, 5.74) is 0.307. The lowest BCUT2D eigenvalue weighted by Crippen LogP contribution is -2.40. The zero-order chi connectivity index (χ0) is 18.5. The second kappa shape index (κ2) is 6.13. The molecule has 6 nitrogen and oxygen atoms in total. The van der Waals surface area contributed by atoms with E-state index in [0.29, 0.717) is 13.2 Å². The number of esters is 1. The first kappa shape index (κ1) is 17.1. The van der Waals surface area contributed by atoms with Crippen molar-refractivity contribution in [3.63, 3.8) is 0 Å². The van der Waals surface area contributed by atoms with Crippen molar-refractivity contribution in [2.24, 2.45) is 11.8 Å². The predicted molar refractivity (Wildman–Crippen MR) is 93.5 cm³/mol. The topological polar surface area (TPSA) is 65.1 Å². The molecule has 0 saturated carbocycles. The smallest absolute Gasteiger partial charge is 0.312 e. The fourth-order valence-electron chi connectivity index (χ4n) is 4.43. The summed E-state index contributed by atoms with van der Waals surface area (Å²) >= 11 is 0. The Bertz CT molecular complexity index is 758. The van der Waals surface area contributed by atoms with Crippen LogP contribution in [0, 0.1) is 11.8 Å². The zero-order valence-electron chi connectivity index (χ0n) is 15.2. The van der Waals surface area contributed by atoms with E-state index in [1.807, 2.05) is 48.2 Å². The summed E-state index contributed by atoms with van der Waals surface area (Å²) in [5, 5.41) is 0. The standard InChI is InChI=1S/C20H23NO5/c1-4-25-19(23)16-15-9-10-20(26-15)11-21(18(22)17(16)20)12(2)13-5-7-14(24-3)8-6-13/h5-10,12,15-17H,4,11H2,1-3H3/t12-,15+,16+,17+,20-/m1/s1. The van der Waals surface area contributed by atoms with Gasteiger partial charge in [0.1, 0.15) is 17.3 Å². The lowest BCUT2D eigenvalue weighted by atomic mass is 9.77. The number of carbonyl (C=O) groups excluding carboxylic acids is 2. The number of carbonyl (C=O) groups is 2. The average molecular weight is 357 g/mol. The highest BCUT2D eigenvalue weighted by molar-refractivity contribution is 5.91. The summed E-state index contributed by atoms with van der Waals surface area (Å²) in [7, 11) is 1.62. The average Bonchev–Trinajstić information content (AvgIpc) is 3.29. The molecule has 1 aromatic carbocycles. The van der Waals surface area contributed by atoms with Crippen molar-refractivity contribution in [3.8, 4) is 5.75 Å². The first-order valence-corrected chi connectivity index (χ1v) is 8.99. The summed E-state index contributed by atoms with van der Waals surface area (Å²) in [5.74, 6) is -0.673. The van der Waals surface area contributed by atoms with Gasteiger partial charge in [0, 0.05) is 0 Å². The normalized spacial score (nSPS) is 32.7. The highest BCUT2D eigenvalue weighted by Gasteiger charge is 2.67. The monoisotopic (exact) mass is 357 g/mol. The van der Waals surface area contributed by atoms with E-state index in [0.717, 1.165) is 11.3 Å². The molecular weight excluding hydrogens is 334 g/mol. The number of hydrogen-bond donors (Lipinski definition) is 0. The van der Waals surface area contributed by atoms with Crippen LogP contribution in [0.25, 0.3) is 0 Å². The Morgan fingerprint density at radius 1 is 1.38 bits per heavy atom. The van der Waals surface area contributed by atoms with Crippen molar-refractivity contribution in [1.29, 1.82) is 0 Å². The molecule has 3 aliphatic rings. The molecule has 0 radical (unpaired) electrons. The predicted octanol–water partition coefficient (Wildman–Crippen LogP) is 2.10. The first-order valence-electron chi connectivity index (χ1n) is 8.99. The maximum atomic E-state index is 13.2. The van der Waals surface area contributed by atoms with Gasteiger partial charge < -0.3 is 19.1 Å². The van der Waals surface area contributed by atoms with Crippen molar-refractivity contribution < 1.29 is 23.8 Å². The van der Waals surface area contributed by atoms with Gasteiger partial charge in [-0.1, -0.05) is 24.3 Å². The van der Waals surface area contributed by atoms with Crippen LogP contribution in [0.4, 0.5) is 0 Å². The number of hydrogen-bond acceptors (Lipinski definition) is 5. The van der Waals surface area contributed by atoms with Gasteiger partial charge in [0.2, 0.25) is 5.91 Å². The summed E-state index contributed by atoms with van der Waals surface area (Å²) in [6.45, 7) is 4.51.